The standard InChI is InChI=1S/C14H16F3N3/c1-8-6-12(14(15,16)17)11(7-18)13(19-8)20-9(2)4-5-10(20)3/h6,9-10H,4-5H2,1-3H3/t9-,10?/m1/s1. The number of hydrogen-bond donors (Lipinski definition) is 0. The largest absolute Gasteiger partial charge is 0.417 e. The van der Waals surface area contributed by atoms with Gasteiger partial charge in [-0.25, -0.2) is 4.98 Å². The fraction of sp³-hybridized carbons (Fsp3) is 0.571. The van der Waals surface area contributed by atoms with E-state index in [0.29, 0.717) is 0 Å². The summed E-state index contributed by atoms with van der Waals surface area (Å²) < 4.78 is 39.2. The molecule has 108 valence electrons. The molecule has 1 aliphatic rings. The lowest BCUT2D eigenvalue weighted by Crippen LogP contribution is -2.34. The van der Waals surface area contributed by atoms with Gasteiger partial charge in [-0.15, -0.1) is 0 Å². The van der Waals surface area contributed by atoms with Crippen molar-refractivity contribution >= 4 is 5.82 Å². The topological polar surface area (TPSA) is 39.9 Å². The molecule has 2 atom stereocenters. The second kappa shape index (κ2) is 4.97. The van der Waals surface area contributed by atoms with E-state index in [1.54, 1.807) is 6.07 Å². The molecular formula is C14H16F3N3. The summed E-state index contributed by atoms with van der Waals surface area (Å²) in [5.41, 5.74) is -0.991. The Balaban J connectivity index is 2.65. The Morgan fingerprint density at radius 3 is 2.30 bits per heavy atom. The minimum atomic E-state index is -4.54. The minimum Gasteiger partial charge on any atom is -0.350 e. The van der Waals surface area contributed by atoms with Crippen LogP contribution in [0.2, 0.25) is 0 Å². The van der Waals surface area contributed by atoms with Gasteiger partial charge in [-0.1, -0.05) is 0 Å². The Kier molecular flexibility index (Phi) is 3.63. The maximum Gasteiger partial charge on any atom is 0.417 e. The highest BCUT2D eigenvalue weighted by Crippen LogP contribution is 2.38. The van der Waals surface area contributed by atoms with Crippen molar-refractivity contribution in [3.8, 4) is 6.07 Å². The van der Waals surface area contributed by atoms with Crippen molar-refractivity contribution in [2.24, 2.45) is 0 Å². The number of aromatic nitrogens is 1. The van der Waals surface area contributed by atoms with Gasteiger partial charge >= 0.3 is 6.18 Å². The van der Waals surface area contributed by atoms with Gasteiger partial charge in [0.1, 0.15) is 17.5 Å². The highest BCUT2D eigenvalue weighted by molar-refractivity contribution is 5.60. The molecule has 0 N–H and O–H groups in total. The Bertz CT molecular complexity index is 550. The molecule has 0 spiro atoms. The Morgan fingerprint density at radius 1 is 1.30 bits per heavy atom. The van der Waals surface area contributed by atoms with Crippen molar-refractivity contribution in [1.29, 1.82) is 5.26 Å². The summed E-state index contributed by atoms with van der Waals surface area (Å²) in [7, 11) is 0. The lowest BCUT2D eigenvalue weighted by Gasteiger charge is -2.29. The Morgan fingerprint density at radius 2 is 1.85 bits per heavy atom. The SMILES string of the molecule is Cc1cc(C(F)(F)F)c(C#N)c(N2C(C)CC[C@H]2C)n1. The molecule has 0 aliphatic carbocycles. The fourth-order valence-corrected chi connectivity index (χ4v) is 2.79. The molecule has 2 heterocycles. The lowest BCUT2D eigenvalue weighted by molar-refractivity contribution is -0.137. The van der Waals surface area contributed by atoms with Crippen molar-refractivity contribution in [3.63, 3.8) is 0 Å². The molecule has 0 bridgehead atoms. The molecule has 0 saturated carbocycles. The van der Waals surface area contributed by atoms with Crippen LogP contribution in [0, 0.1) is 18.3 Å². The van der Waals surface area contributed by atoms with Crippen molar-refractivity contribution < 1.29 is 13.2 Å². The first-order valence-electron chi connectivity index (χ1n) is 6.53. The van der Waals surface area contributed by atoms with Crippen molar-refractivity contribution in [2.45, 2.75) is 51.9 Å². The van der Waals surface area contributed by atoms with Gasteiger partial charge in [0.05, 0.1) is 5.56 Å². The number of anilines is 1. The number of aryl methyl sites for hydroxylation is 1. The molecule has 1 aliphatic heterocycles. The fourth-order valence-electron chi connectivity index (χ4n) is 2.79. The summed E-state index contributed by atoms with van der Waals surface area (Å²) in [6.07, 6.45) is -2.76. The molecule has 1 fully saturated rings. The third-order valence-corrected chi connectivity index (χ3v) is 3.74. The maximum atomic E-state index is 13.1. The zero-order chi connectivity index (χ0) is 15.1. The van der Waals surface area contributed by atoms with Crippen LogP contribution in [0.15, 0.2) is 6.07 Å². The monoisotopic (exact) mass is 283 g/mol. The van der Waals surface area contributed by atoms with Crippen molar-refractivity contribution in [1.82, 2.24) is 4.98 Å². The number of pyridine rings is 1. The molecule has 2 rings (SSSR count). The molecule has 6 heteroatoms. The first kappa shape index (κ1) is 14.6. The average Bonchev–Trinajstić information content (AvgIpc) is 2.67. The van der Waals surface area contributed by atoms with E-state index in [9.17, 15) is 13.2 Å². The van der Waals surface area contributed by atoms with Crippen LogP contribution in [0.5, 0.6) is 0 Å². The predicted molar refractivity (Wildman–Crippen MR) is 69.3 cm³/mol. The lowest BCUT2D eigenvalue weighted by atomic mass is 10.1. The molecule has 0 aromatic carbocycles. The van der Waals surface area contributed by atoms with Crippen LogP contribution in [0.3, 0.4) is 0 Å². The summed E-state index contributed by atoms with van der Waals surface area (Å²) in [5.74, 6) is 0.164. The minimum absolute atomic E-state index is 0.0903. The third-order valence-electron chi connectivity index (χ3n) is 3.74. The normalized spacial score (nSPS) is 22.9. The summed E-state index contributed by atoms with van der Waals surface area (Å²) >= 11 is 0. The molecular weight excluding hydrogens is 267 g/mol. The van der Waals surface area contributed by atoms with Crippen molar-refractivity contribution in [2.75, 3.05) is 4.90 Å². The van der Waals surface area contributed by atoms with E-state index >= 15 is 0 Å². The van der Waals surface area contributed by atoms with E-state index < -0.39 is 11.7 Å². The number of hydrogen-bond acceptors (Lipinski definition) is 3. The summed E-state index contributed by atoms with van der Waals surface area (Å²) in [5, 5.41) is 9.17. The first-order chi connectivity index (χ1) is 9.25. The van der Waals surface area contributed by atoms with Crippen LogP contribution in [-0.2, 0) is 6.18 Å². The quantitative estimate of drug-likeness (QED) is 0.789. The molecule has 3 nitrogen and oxygen atoms in total. The van der Waals surface area contributed by atoms with Gasteiger partial charge < -0.3 is 4.90 Å². The molecule has 1 aromatic rings. The van der Waals surface area contributed by atoms with Crippen LogP contribution in [-0.4, -0.2) is 17.1 Å². The van der Waals surface area contributed by atoms with Crippen LogP contribution >= 0.6 is 0 Å². The number of halogens is 3. The van der Waals surface area contributed by atoms with Crippen molar-refractivity contribution in [3.05, 3.63) is 22.9 Å². The van der Waals surface area contributed by atoms with E-state index in [1.165, 1.54) is 6.92 Å². The van der Waals surface area contributed by atoms with Crippen LogP contribution in [0.25, 0.3) is 0 Å². The summed E-state index contributed by atoms with van der Waals surface area (Å²) in [4.78, 5) is 6.04. The molecule has 1 saturated heterocycles. The van der Waals surface area contributed by atoms with Crippen LogP contribution < -0.4 is 4.90 Å². The van der Waals surface area contributed by atoms with Gasteiger partial charge in [-0.05, 0) is 39.7 Å². The second-order valence-corrected chi connectivity index (χ2v) is 5.30. The molecule has 0 radical (unpaired) electrons. The molecule has 0 amide bonds. The zero-order valence-corrected chi connectivity index (χ0v) is 11.6. The summed E-state index contributed by atoms with van der Waals surface area (Å²) in [6.45, 7) is 5.41. The van der Waals surface area contributed by atoms with Gasteiger partial charge in [0, 0.05) is 17.8 Å². The number of rotatable bonds is 1. The van der Waals surface area contributed by atoms with Gasteiger partial charge in [-0.2, -0.15) is 18.4 Å². The van der Waals surface area contributed by atoms with Crippen LogP contribution in [0.1, 0.15) is 43.5 Å². The maximum absolute atomic E-state index is 13.1. The van der Waals surface area contributed by atoms with Crippen LogP contribution in [0.4, 0.5) is 19.0 Å². The highest BCUT2D eigenvalue weighted by atomic mass is 19.4. The Hall–Kier alpha value is -1.77. The first-order valence-corrected chi connectivity index (χ1v) is 6.53. The van der Waals surface area contributed by atoms with E-state index in [2.05, 4.69) is 4.98 Å². The second-order valence-electron chi connectivity index (χ2n) is 5.30. The smallest absolute Gasteiger partial charge is 0.350 e. The van der Waals surface area contributed by atoms with E-state index in [0.717, 1.165) is 18.9 Å². The molecule has 20 heavy (non-hydrogen) atoms. The van der Waals surface area contributed by atoms with Gasteiger partial charge in [-0.3, -0.25) is 0 Å². The molecule has 1 aromatic heterocycles. The zero-order valence-electron chi connectivity index (χ0n) is 11.6. The average molecular weight is 283 g/mol. The van der Waals surface area contributed by atoms with E-state index in [4.69, 9.17) is 5.26 Å². The van der Waals surface area contributed by atoms with E-state index in [-0.39, 0.29) is 29.2 Å². The summed E-state index contributed by atoms with van der Waals surface area (Å²) in [6, 6.07) is 2.81. The third kappa shape index (κ3) is 2.45. The molecule has 1 unspecified atom stereocenters. The van der Waals surface area contributed by atoms with Gasteiger partial charge in [0.25, 0.3) is 0 Å². The number of nitrogens with zero attached hydrogens (tertiary/aromatic N) is 3. The van der Waals surface area contributed by atoms with E-state index in [1.807, 2.05) is 18.7 Å². The predicted octanol–water partition coefficient (Wildman–Crippen LogP) is 3.66. The number of nitriles is 1. The highest BCUT2D eigenvalue weighted by Gasteiger charge is 2.38. The van der Waals surface area contributed by atoms with Gasteiger partial charge in [0.15, 0.2) is 0 Å². The Labute approximate surface area is 116 Å². The van der Waals surface area contributed by atoms with Gasteiger partial charge in [0.2, 0.25) is 0 Å². The number of alkyl halides is 3.